The number of quaternary nitrogens is 1. The van der Waals surface area contributed by atoms with Gasteiger partial charge in [-0.25, -0.2) is 9.65 Å². The highest BCUT2D eigenvalue weighted by Gasteiger charge is 2.18. The molecule has 154 valence electrons. The molecule has 0 saturated carbocycles. The van der Waals surface area contributed by atoms with E-state index in [2.05, 4.69) is 15.0 Å². The highest BCUT2D eigenvalue weighted by Crippen LogP contribution is 2.41. The molecule has 0 aliphatic rings. The van der Waals surface area contributed by atoms with Crippen LogP contribution in [0.25, 0.3) is 11.2 Å². The normalized spacial score (nSPS) is 13.6. The third-order valence-electron chi connectivity index (χ3n) is 3.52. The maximum Gasteiger partial charge on any atom is 0.280 e. The lowest BCUT2D eigenvalue weighted by atomic mass is 10.4. The van der Waals surface area contributed by atoms with Gasteiger partial charge in [-0.05, 0) is 12.8 Å². The van der Waals surface area contributed by atoms with Gasteiger partial charge in [0.15, 0.2) is 11.2 Å². The van der Waals surface area contributed by atoms with Gasteiger partial charge in [-0.15, -0.1) is 0 Å². The molecule has 2 rings (SSSR count). The fraction of sp³-hybridized carbons (Fsp3) is 0.643. The van der Waals surface area contributed by atoms with Crippen molar-refractivity contribution in [1.29, 1.82) is 0 Å². The zero-order valence-electron chi connectivity index (χ0n) is 15.9. The van der Waals surface area contributed by atoms with E-state index in [-0.39, 0.29) is 37.6 Å². The van der Waals surface area contributed by atoms with Crippen molar-refractivity contribution in [2.75, 3.05) is 32.0 Å². The molecule has 0 fully saturated rings. The quantitative estimate of drug-likeness (QED) is 0.356. The third-order valence-corrected chi connectivity index (χ3v) is 5.12. The van der Waals surface area contributed by atoms with Crippen LogP contribution in [0.2, 0.25) is 0 Å². The number of aromatic amines is 1. The van der Waals surface area contributed by atoms with Gasteiger partial charge in [0, 0.05) is 13.1 Å². The van der Waals surface area contributed by atoms with Gasteiger partial charge in [0.25, 0.3) is 5.56 Å². The van der Waals surface area contributed by atoms with Crippen LogP contribution in [-0.2, 0) is 20.6 Å². The number of H-pyrrole nitrogens is 1. The first-order chi connectivity index (χ1) is 12.4. The first kappa shape index (κ1) is 23.2. The van der Waals surface area contributed by atoms with Crippen LogP contribution in [0.3, 0.4) is 0 Å². The molecule has 0 aliphatic heterocycles. The molecule has 27 heavy (non-hydrogen) atoms. The van der Waals surface area contributed by atoms with Crippen molar-refractivity contribution in [3.63, 3.8) is 0 Å². The molecule has 0 bridgehead atoms. The number of hydrogen-bond donors (Lipinski definition) is 3. The van der Waals surface area contributed by atoms with E-state index in [4.69, 9.17) is 15.0 Å². The van der Waals surface area contributed by atoms with E-state index in [1.165, 1.54) is 15.6 Å². The first-order valence-corrected chi connectivity index (χ1v) is 9.88. The minimum atomic E-state index is -4.08. The van der Waals surface area contributed by atoms with Crippen molar-refractivity contribution in [2.45, 2.75) is 33.4 Å². The number of anilines is 1. The predicted octanol–water partition coefficient (Wildman–Crippen LogP) is 0.659. The van der Waals surface area contributed by atoms with Crippen molar-refractivity contribution in [3.05, 3.63) is 16.7 Å². The van der Waals surface area contributed by atoms with Crippen LogP contribution in [0.15, 0.2) is 11.1 Å². The Bertz CT molecular complexity index is 818. The lowest BCUT2D eigenvalue weighted by Gasteiger charge is -2.34. The van der Waals surface area contributed by atoms with E-state index in [1.807, 2.05) is 13.8 Å². The van der Waals surface area contributed by atoms with Crippen molar-refractivity contribution >= 4 is 24.9 Å². The van der Waals surface area contributed by atoms with Crippen LogP contribution in [0.1, 0.15) is 26.7 Å². The standard InChI is InChI=1S/C14H25N6O5P.H3N/c1-3-5-20(6-4-2)26(22,23)25-8-7-24-10-19-9-16-11-12(19)17-14(15)18-13(11)21;/h9H,3-8,10H2,1-2H3,(H,22,23)(H3,15,17,18,21);1H3. The van der Waals surface area contributed by atoms with E-state index in [0.717, 1.165) is 12.8 Å². The summed E-state index contributed by atoms with van der Waals surface area (Å²) in [6.45, 7) is 4.66. The summed E-state index contributed by atoms with van der Waals surface area (Å²) >= 11 is 0. The molecule has 0 saturated heterocycles. The lowest BCUT2D eigenvalue weighted by Crippen LogP contribution is -2.30. The van der Waals surface area contributed by atoms with Crippen molar-refractivity contribution in [3.8, 4) is 0 Å². The average Bonchev–Trinajstić information content (AvgIpc) is 2.97. The molecule has 0 radical (unpaired) electrons. The van der Waals surface area contributed by atoms with Gasteiger partial charge in [0.1, 0.15) is 6.73 Å². The summed E-state index contributed by atoms with van der Waals surface area (Å²) in [5, 5.41) is 0. The maximum absolute atomic E-state index is 12.2. The Morgan fingerprint density at radius 1 is 1.33 bits per heavy atom. The molecule has 2 aromatic rings. The topological polar surface area (TPSA) is 188 Å². The van der Waals surface area contributed by atoms with Crippen molar-refractivity contribution in [2.24, 2.45) is 0 Å². The Kier molecular flexibility index (Phi) is 9.03. The summed E-state index contributed by atoms with van der Waals surface area (Å²) in [4.78, 5) is 34.2. The minimum absolute atomic E-state index is 0. The van der Waals surface area contributed by atoms with Crippen molar-refractivity contribution < 1.29 is 18.7 Å². The summed E-state index contributed by atoms with van der Waals surface area (Å²) < 4.78 is 25.4. The summed E-state index contributed by atoms with van der Waals surface area (Å²) in [7, 11) is -4.08. The van der Waals surface area contributed by atoms with Gasteiger partial charge in [-0.3, -0.25) is 18.9 Å². The molecule has 7 N–H and O–H groups in total. The second-order valence-electron chi connectivity index (χ2n) is 5.63. The molecule has 1 atom stereocenters. The van der Waals surface area contributed by atoms with Crippen LogP contribution in [0.4, 0.5) is 5.95 Å². The first-order valence-electron chi connectivity index (χ1n) is 8.38. The smallest absolute Gasteiger partial charge is 0.280 e. The molecule has 0 aliphatic carbocycles. The molecule has 12 nitrogen and oxygen atoms in total. The highest BCUT2D eigenvalue weighted by molar-refractivity contribution is 7.48. The van der Waals surface area contributed by atoms with Gasteiger partial charge in [0.05, 0.1) is 19.5 Å². The van der Waals surface area contributed by atoms with Gasteiger partial charge >= 0.3 is 0 Å². The highest BCUT2D eigenvalue weighted by atomic mass is 31.2. The number of fused-ring (bicyclic) bond motifs is 1. The second kappa shape index (κ2) is 10.5. The largest absolute Gasteiger partial charge is 0.766 e. The van der Waals surface area contributed by atoms with E-state index < -0.39 is 13.3 Å². The van der Waals surface area contributed by atoms with Crippen LogP contribution in [0.5, 0.6) is 0 Å². The van der Waals surface area contributed by atoms with Gasteiger partial charge in [-0.2, -0.15) is 4.98 Å². The number of hydrogen-bond acceptors (Lipinski definition) is 8. The summed E-state index contributed by atoms with van der Waals surface area (Å²) in [5.41, 5.74) is 5.52. The Morgan fingerprint density at radius 2 is 2.00 bits per heavy atom. The molecule has 2 aromatic heterocycles. The van der Waals surface area contributed by atoms with Crippen LogP contribution in [-0.4, -0.2) is 50.5 Å². The molecular formula is C14H28N7O5P. The number of imidazole rings is 1. The third kappa shape index (κ3) is 6.09. The Balaban J connectivity index is 0.00000364. The number of rotatable bonds is 11. The number of aromatic nitrogens is 4. The maximum atomic E-state index is 12.2. The fourth-order valence-electron chi connectivity index (χ4n) is 2.39. The number of nitrogens with one attached hydrogen (secondary N) is 1. The summed E-state index contributed by atoms with van der Waals surface area (Å²) in [6.07, 6.45) is 2.83. The lowest BCUT2D eigenvalue weighted by molar-refractivity contribution is -0.214. The SMILES string of the molecule is CCCN(CCC)P(=O)([O-])OCCOCn1cnc2c(=O)[nH]c(N)nc21.[NH4+]. The molecule has 13 heteroatoms. The second-order valence-corrected chi connectivity index (χ2v) is 7.39. The van der Waals surface area contributed by atoms with E-state index in [0.29, 0.717) is 18.7 Å². The Morgan fingerprint density at radius 3 is 2.63 bits per heavy atom. The molecule has 2 heterocycles. The zero-order valence-corrected chi connectivity index (χ0v) is 16.8. The van der Waals surface area contributed by atoms with E-state index in [9.17, 15) is 14.3 Å². The fourth-order valence-corrected chi connectivity index (χ4v) is 3.75. The number of nitrogen functional groups attached to an aromatic ring is 1. The summed E-state index contributed by atoms with van der Waals surface area (Å²) in [6, 6.07) is 0. The van der Waals surface area contributed by atoms with E-state index >= 15 is 0 Å². The molecule has 0 spiro atoms. The predicted molar refractivity (Wildman–Crippen MR) is 100 cm³/mol. The van der Waals surface area contributed by atoms with Gasteiger partial charge in [0.2, 0.25) is 13.7 Å². The van der Waals surface area contributed by atoms with Crippen molar-refractivity contribution in [1.82, 2.24) is 30.3 Å². The minimum Gasteiger partial charge on any atom is -0.766 e. The van der Waals surface area contributed by atoms with Crippen LogP contribution >= 0.6 is 7.75 Å². The number of ether oxygens (including phenoxy) is 1. The van der Waals surface area contributed by atoms with Crippen LogP contribution < -0.4 is 22.3 Å². The average molecular weight is 405 g/mol. The van der Waals surface area contributed by atoms with Gasteiger partial charge < -0.3 is 26.0 Å². The monoisotopic (exact) mass is 405 g/mol. The van der Waals surface area contributed by atoms with Crippen LogP contribution in [0, 0.1) is 0 Å². The van der Waals surface area contributed by atoms with E-state index in [1.54, 1.807) is 0 Å². The molecule has 0 amide bonds. The summed E-state index contributed by atoms with van der Waals surface area (Å²) in [5.74, 6) is -0.0215. The Labute approximate surface area is 156 Å². The molecular weight excluding hydrogens is 377 g/mol. The molecule has 0 aromatic carbocycles. The number of nitrogens with two attached hydrogens (primary N) is 1. The molecule has 1 unspecified atom stereocenters. The van der Waals surface area contributed by atoms with Gasteiger partial charge in [-0.1, -0.05) is 13.8 Å². The Hall–Kier alpha value is -1.82. The zero-order chi connectivity index (χ0) is 19.2. The number of nitrogens with zero attached hydrogens (tertiary/aromatic N) is 4.